The van der Waals surface area contributed by atoms with Crippen LogP contribution < -0.4 is 10.3 Å². The second kappa shape index (κ2) is 7.17. The van der Waals surface area contributed by atoms with Crippen LogP contribution in [0.1, 0.15) is 17.3 Å². The molecule has 1 aromatic heterocycles. The van der Waals surface area contributed by atoms with Crippen molar-refractivity contribution in [3.05, 3.63) is 66.5 Å². The molecule has 0 saturated heterocycles. The summed E-state index contributed by atoms with van der Waals surface area (Å²) >= 11 is 0. The smallest absolute Gasteiger partial charge is 0.254 e. The highest BCUT2D eigenvalue weighted by atomic mass is 16.1. The number of pyridine rings is 1. The van der Waals surface area contributed by atoms with E-state index in [0.717, 1.165) is 0 Å². The summed E-state index contributed by atoms with van der Waals surface area (Å²) in [5, 5.41) is 0. The van der Waals surface area contributed by atoms with Crippen molar-refractivity contribution in [2.24, 2.45) is 5.73 Å². The molecule has 0 radical (unpaired) electrons. The van der Waals surface area contributed by atoms with E-state index in [-0.39, 0.29) is 0 Å². The number of nitrogens with zero attached hydrogens (tertiary/aromatic N) is 1. The number of aromatic nitrogens is 1. The summed E-state index contributed by atoms with van der Waals surface area (Å²) in [5.41, 5.74) is 5.72. The number of allylic oxidation sites excluding steroid dienone is 6. The molecule has 0 aliphatic heterocycles. The van der Waals surface area contributed by atoms with Crippen molar-refractivity contribution in [2.45, 2.75) is 13.5 Å². The number of carbonyl (C=O) groups excluding carboxylic acids is 1. The van der Waals surface area contributed by atoms with Crippen LogP contribution in [0.25, 0.3) is 0 Å². The third-order valence-corrected chi connectivity index (χ3v) is 2.12. The minimum Gasteiger partial charge on any atom is -0.365 e. The fourth-order valence-corrected chi connectivity index (χ4v) is 1.28. The van der Waals surface area contributed by atoms with Crippen molar-refractivity contribution in [3.8, 4) is 0 Å². The molecule has 88 valence electrons. The summed E-state index contributed by atoms with van der Waals surface area (Å²) < 4.78 is 1.90. The van der Waals surface area contributed by atoms with Crippen LogP contribution in [0.15, 0.2) is 61.0 Å². The number of amides is 1. The number of primary amides is 1. The Morgan fingerprint density at radius 3 is 2.82 bits per heavy atom. The van der Waals surface area contributed by atoms with E-state index >= 15 is 0 Å². The van der Waals surface area contributed by atoms with Crippen molar-refractivity contribution in [1.82, 2.24) is 0 Å². The first-order chi connectivity index (χ1) is 8.24. The summed E-state index contributed by atoms with van der Waals surface area (Å²) in [5.74, 6) is -0.406. The summed E-state index contributed by atoms with van der Waals surface area (Å²) in [4.78, 5) is 11.0. The molecule has 0 unspecified atom stereocenters. The molecule has 17 heavy (non-hydrogen) atoms. The standard InChI is InChI=1S/C14H16N2O/c1-2-3-4-5-6-7-10-16-11-8-9-13(12-16)14(15)17/h2-9,11-12H,10H2,1H3,(H-,15,17)/p+1. The van der Waals surface area contributed by atoms with E-state index in [1.807, 2.05) is 60.2 Å². The molecule has 0 aliphatic carbocycles. The molecule has 2 N–H and O–H groups in total. The molecule has 3 nitrogen and oxygen atoms in total. The van der Waals surface area contributed by atoms with Gasteiger partial charge in [-0.25, -0.2) is 4.57 Å². The Balaban J connectivity index is 2.57. The maximum Gasteiger partial charge on any atom is 0.254 e. The van der Waals surface area contributed by atoms with Gasteiger partial charge in [0, 0.05) is 6.07 Å². The Morgan fingerprint density at radius 2 is 2.12 bits per heavy atom. The largest absolute Gasteiger partial charge is 0.365 e. The third-order valence-electron chi connectivity index (χ3n) is 2.12. The van der Waals surface area contributed by atoms with Crippen molar-refractivity contribution >= 4 is 5.91 Å². The number of rotatable bonds is 5. The predicted molar refractivity (Wildman–Crippen MR) is 68.2 cm³/mol. The minimum atomic E-state index is -0.406. The minimum absolute atomic E-state index is 0.406. The van der Waals surface area contributed by atoms with E-state index < -0.39 is 5.91 Å². The zero-order valence-corrected chi connectivity index (χ0v) is 9.91. The molecule has 1 rings (SSSR count). The van der Waals surface area contributed by atoms with Crippen LogP contribution in [0, 0.1) is 0 Å². The van der Waals surface area contributed by atoms with Crippen LogP contribution in [0.5, 0.6) is 0 Å². The molecule has 1 heterocycles. The monoisotopic (exact) mass is 229 g/mol. The van der Waals surface area contributed by atoms with Gasteiger partial charge < -0.3 is 5.73 Å². The highest BCUT2D eigenvalue weighted by Crippen LogP contribution is 1.92. The highest BCUT2D eigenvalue weighted by molar-refractivity contribution is 5.92. The second-order valence-corrected chi connectivity index (χ2v) is 3.49. The number of hydrogen-bond acceptors (Lipinski definition) is 1. The van der Waals surface area contributed by atoms with Crippen molar-refractivity contribution < 1.29 is 9.36 Å². The molecule has 0 bridgehead atoms. The molecule has 0 atom stereocenters. The van der Waals surface area contributed by atoms with Crippen molar-refractivity contribution in [1.29, 1.82) is 0 Å². The average molecular weight is 229 g/mol. The molecule has 3 heteroatoms. The maximum atomic E-state index is 11.0. The predicted octanol–water partition coefficient (Wildman–Crippen LogP) is 1.76. The maximum absolute atomic E-state index is 11.0. The summed E-state index contributed by atoms with van der Waals surface area (Å²) in [7, 11) is 0. The van der Waals surface area contributed by atoms with E-state index in [2.05, 4.69) is 0 Å². The Hall–Kier alpha value is -2.16. The molecular weight excluding hydrogens is 212 g/mol. The molecule has 0 aromatic carbocycles. The average Bonchev–Trinajstić information content (AvgIpc) is 2.34. The Labute approximate surface area is 102 Å². The van der Waals surface area contributed by atoms with E-state index in [9.17, 15) is 4.79 Å². The Kier molecular flexibility index (Phi) is 5.44. The van der Waals surface area contributed by atoms with Gasteiger partial charge in [0.1, 0.15) is 5.56 Å². The second-order valence-electron chi connectivity index (χ2n) is 3.49. The van der Waals surface area contributed by atoms with Gasteiger partial charge in [-0.1, -0.05) is 30.4 Å². The van der Waals surface area contributed by atoms with Gasteiger partial charge >= 0.3 is 0 Å². The van der Waals surface area contributed by atoms with Gasteiger partial charge in [-0.15, -0.1) is 0 Å². The van der Waals surface area contributed by atoms with Crippen LogP contribution in [0.3, 0.4) is 0 Å². The zero-order valence-electron chi connectivity index (χ0n) is 9.91. The summed E-state index contributed by atoms with van der Waals surface area (Å²) in [6, 6.07) is 3.51. The molecular formula is C14H17N2O+. The first-order valence-corrected chi connectivity index (χ1v) is 5.47. The van der Waals surface area contributed by atoms with E-state index in [1.54, 1.807) is 12.3 Å². The zero-order chi connectivity index (χ0) is 12.5. The third kappa shape index (κ3) is 4.93. The van der Waals surface area contributed by atoms with Crippen LogP contribution in [-0.4, -0.2) is 5.91 Å². The molecule has 1 amide bonds. The lowest BCUT2D eigenvalue weighted by Crippen LogP contribution is -2.33. The Morgan fingerprint density at radius 1 is 1.35 bits per heavy atom. The molecule has 0 spiro atoms. The SMILES string of the molecule is CC=CC=CC=CC[n+]1cccc(C(N)=O)c1. The van der Waals surface area contributed by atoms with Crippen molar-refractivity contribution in [2.75, 3.05) is 0 Å². The number of carbonyl (C=O) groups is 1. The van der Waals surface area contributed by atoms with Crippen LogP contribution in [0.4, 0.5) is 0 Å². The Bertz CT molecular complexity index is 459. The lowest BCUT2D eigenvalue weighted by atomic mass is 10.3. The van der Waals surface area contributed by atoms with Crippen LogP contribution in [-0.2, 0) is 6.54 Å². The van der Waals surface area contributed by atoms with Crippen LogP contribution >= 0.6 is 0 Å². The summed E-state index contributed by atoms with van der Waals surface area (Å²) in [6.45, 7) is 2.68. The molecule has 0 aliphatic rings. The van der Waals surface area contributed by atoms with E-state index in [4.69, 9.17) is 5.73 Å². The topological polar surface area (TPSA) is 47.0 Å². The van der Waals surface area contributed by atoms with Crippen molar-refractivity contribution in [3.63, 3.8) is 0 Å². The number of nitrogens with two attached hydrogens (primary N) is 1. The van der Waals surface area contributed by atoms with Gasteiger partial charge in [-0.3, -0.25) is 4.79 Å². The van der Waals surface area contributed by atoms with Crippen LogP contribution in [0.2, 0.25) is 0 Å². The quantitative estimate of drug-likeness (QED) is 0.607. The highest BCUT2D eigenvalue weighted by Gasteiger charge is 2.04. The lowest BCUT2D eigenvalue weighted by Gasteiger charge is -1.94. The fraction of sp³-hybridized carbons (Fsp3) is 0.143. The molecule has 1 aromatic rings. The summed E-state index contributed by atoms with van der Waals surface area (Å²) in [6.07, 6.45) is 15.4. The van der Waals surface area contributed by atoms with Gasteiger partial charge in [-0.2, -0.15) is 0 Å². The van der Waals surface area contributed by atoms with Gasteiger partial charge in [0.15, 0.2) is 18.9 Å². The lowest BCUT2D eigenvalue weighted by molar-refractivity contribution is -0.687. The first-order valence-electron chi connectivity index (χ1n) is 5.47. The van der Waals surface area contributed by atoms with E-state index in [0.29, 0.717) is 12.1 Å². The number of hydrogen-bond donors (Lipinski definition) is 1. The molecule has 0 saturated carbocycles. The van der Waals surface area contributed by atoms with Gasteiger partial charge in [0.05, 0.1) is 0 Å². The van der Waals surface area contributed by atoms with Gasteiger partial charge in [0.2, 0.25) is 0 Å². The fourth-order valence-electron chi connectivity index (χ4n) is 1.28. The van der Waals surface area contributed by atoms with Gasteiger partial charge in [-0.05, 0) is 19.1 Å². The van der Waals surface area contributed by atoms with E-state index in [1.165, 1.54) is 0 Å². The normalized spacial score (nSPS) is 11.8. The first kappa shape index (κ1) is 12.9. The van der Waals surface area contributed by atoms with Gasteiger partial charge in [0.25, 0.3) is 5.91 Å². The molecule has 0 fully saturated rings.